The van der Waals surface area contributed by atoms with Gasteiger partial charge in [-0.3, -0.25) is 14.5 Å². The number of thioether (sulfide) groups is 1. The van der Waals surface area contributed by atoms with Gasteiger partial charge in [0.2, 0.25) is 5.91 Å². The first-order chi connectivity index (χ1) is 16.9. The van der Waals surface area contributed by atoms with Gasteiger partial charge in [-0.25, -0.2) is 0 Å². The highest BCUT2D eigenvalue weighted by atomic mass is 35.5. The minimum Gasteiger partial charge on any atom is -0.481 e. The lowest BCUT2D eigenvalue weighted by molar-refractivity contribution is -0.152. The molecule has 1 N–H and O–H groups in total. The van der Waals surface area contributed by atoms with Gasteiger partial charge in [-0.1, -0.05) is 54.4 Å². The number of hydrogen-bond acceptors (Lipinski definition) is 4. The Morgan fingerprint density at radius 1 is 1.09 bits per heavy atom. The second-order valence-corrected chi connectivity index (χ2v) is 11.5. The summed E-state index contributed by atoms with van der Waals surface area (Å²) in [7, 11) is 0. The quantitative estimate of drug-likeness (QED) is 0.452. The highest BCUT2D eigenvalue weighted by molar-refractivity contribution is 7.99. The van der Waals surface area contributed by atoms with Crippen LogP contribution in [0, 0.1) is 5.92 Å². The summed E-state index contributed by atoms with van der Waals surface area (Å²) in [5, 5.41) is 10.9. The Labute approximate surface area is 221 Å². The van der Waals surface area contributed by atoms with Gasteiger partial charge < -0.3 is 10.0 Å². The van der Waals surface area contributed by atoms with E-state index in [1.165, 1.54) is 0 Å². The maximum absolute atomic E-state index is 14.0. The maximum Gasteiger partial charge on any atom is 0.304 e. The van der Waals surface area contributed by atoms with Crippen LogP contribution in [0.4, 0.5) is 0 Å². The van der Waals surface area contributed by atoms with Crippen LogP contribution in [-0.2, 0) is 9.59 Å². The molecule has 2 aromatic rings. The number of piperidine rings is 1. The van der Waals surface area contributed by atoms with E-state index in [9.17, 15) is 14.7 Å². The van der Waals surface area contributed by atoms with Gasteiger partial charge in [-0.15, -0.1) is 0 Å². The van der Waals surface area contributed by atoms with Crippen LogP contribution in [0.25, 0.3) is 0 Å². The van der Waals surface area contributed by atoms with Crippen LogP contribution in [0.2, 0.25) is 10.0 Å². The van der Waals surface area contributed by atoms with Gasteiger partial charge in [-0.05, 0) is 48.2 Å². The van der Waals surface area contributed by atoms with Crippen LogP contribution in [-0.4, -0.2) is 64.0 Å². The summed E-state index contributed by atoms with van der Waals surface area (Å²) in [6.07, 6.45) is 1.09. The first kappa shape index (κ1) is 26.3. The number of carbonyl (C=O) groups excluding carboxylic acids is 1. The smallest absolute Gasteiger partial charge is 0.304 e. The predicted molar refractivity (Wildman–Crippen MR) is 143 cm³/mol. The van der Waals surface area contributed by atoms with E-state index in [0.717, 1.165) is 48.7 Å². The molecule has 0 aliphatic carbocycles. The summed E-state index contributed by atoms with van der Waals surface area (Å²) in [5.41, 5.74) is 2.03. The van der Waals surface area contributed by atoms with Crippen molar-refractivity contribution in [1.29, 1.82) is 0 Å². The predicted octanol–water partition coefficient (Wildman–Crippen LogP) is 5.97. The molecule has 2 aliphatic heterocycles. The fraction of sp³-hybridized carbons (Fsp3) is 0.481. The number of benzene rings is 2. The van der Waals surface area contributed by atoms with E-state index in [0.29, 0.717) is 16.5 Å². The number of halogens is 2. The number of carbonyl (C=O) groups is 2. The molecule has 2 fully saturated rings. The summed E-state index contributed by atoms with van der Waals surface area (Å²) in [4.78, 5) is 30.2. The molecule has 0 spiro atoms. The van der Waals surface area contributed by atoms with E-state index in [1.807, 2.05) is 65.2 Å². The molecule has 1 amide bonds. The van der Waals surface area contributed by atoms with E-state index in [2.05, 4.69) is 11.8 Å². The number of carboxylic acid groups (broad SMARTS) is 1. The highest BCUT2D eigenvalue weighted by Crippen LogP contribution is 2.47. The zero-order chi connectivity index (χ0) is 24.9. The topological polar surface area (TPSA) is 60.9 Å². The number of hydrogen-bond donors (Lipinski definition) is 1. The van der Waals surface area contributed by atoms with Gasteiger partial charge in [0.25, 0.3) is 0 Å². The van der Waals surface area contributed by atoms with Crippen molar-refractivity contribution in [3.8, 4) is 0 Å². The molecule has 0 saturated carbocycles. The molecule has 2 saturated heterocycles. The Hall–Kier alpha value is -1.73. The normalized spacial score (nSPS) is 24.4. The van der Waals surface area contributed by atoms with Crippen molar-refractivity contribution in [2.45, 2.75) is 44.2 Å². The van der Waals surface area contributed by atoms with Crippen molar-refractivity contribution in [3.05, 3.63) is 69.7 Å². The molecule has 2 aromatic carbocycles. The average Bonchev–Trinajstić information content (AvgIpc) is 2.85. The van der Waals surface area contributed by atoms with Crippen LogP contribution < -0.4 is 0 Å². The molecule has 4 rings (SSSR count). The first-order valence-corrected chi connectivity index (χ1v) is 14.1. The van der Waals surface area contributed by atoms with Crippen LogP contribution in [0.5, 0.6) is 0 Å². The minimum absolute atomic E-state index is 0.0236. The standard InChI is InChI=1S/C27H32Cl2N2O3S/c1-2-23(17-30-10-12-35-13-11-30)31-26(18-6-8-21(28)9-7-18)24(19-4-3-5-22(29)14-19)15-20(27(31)34)16-25(32)33/h3-9,14,20,23-24,26H,2,10-13,15-17H2,1H3,(H,32,33). The number of likely N-dealkylation sites (tertiary alicyclic amines) is 1. The number of carboxylic acids is 1. The molecule has 0 radical (unpaired) electrons. The van der Waals surface area contributed by atoms with Crippen LogP contribution >= 0.6 is 35.0 Å². The zero-order valence-corrected chi connectivity index (χ0v) is 22.2. The lowest BCUT2D eigenvalue weighted by Gasteiger charge is -2.49. The lowest BCUT2D eigenvalue weighted by atomic mass is 9.74. The van der Waals surface area contributed by atoms with Gasteiger partial charge in [0, 0.05) is 59.1 Å². The molecule has 0 bridgehead atoms. The number of aliphatic carboxylic acids is 1. The van der Waals surface area contributed by atoms with Crippen LogP contribution in [0.3, 0.4) is 0 Å². The van der Waals surface area contributed by atoms with E-state index >= 15 is 0 Å². The summed E-state index contributed by atoms with van der Waals surface area (Å²) in [5.74, 6) is 0.521. The van der Waals surface area contributed by atoms with Crippen molar-refractivity contribution in [1.82, 2.24) is 9.80 Å². The molecular formula is C27H32Cl2N2O3S. The second-order valence-electron chi connectivity index (χ2n) is 9.41. The number of rotatable bonds is 8. The molecule has 2 aliphatic rings. The van der Waals surface area contributed by atoms with Gasteiger partial charge in [0.1, 0.15) is 0 Å². The van der Waals surface area contributed by atoms with Crippen molar-refractivity contribution in [2.24, 2.45) is 5.92 Å². The summed E-state index contributed by atoms with van der Waals surface area (Å²) in [6.45, 7) is 4.91. The van der Waals surface area contributed by atoms with Gasteiger partial charge in [0.05, 0.1) is 12.5 Å². The summed E-state index contributed by atoms with van der Waals surface area (Å²) in [6, 6.07) is 15.2. The van der Waals surface area contributed by atoms with Crippen molar-refractivity contribution in [2.75, 3.05) is 31.1 Å². The van der Waals surface area contributed by atoms with Gasteiger partial charge >= 0.3 is 5.97 Å². The van der Waals surface area contributed by atoms with E-state index in [1.54, 1.807) is 0 Å². The van der Waals surface area contributed by atoms with Crippen molar-refractivity contribution < 1.29 is 14.7 Å². The maximum atomic E-state index is 14.0. The fourth-order valence-electron chi connectivity index (χ4n) is 5.47. The third-order valence-electron chi connectivity index (χ3n) is 7.17. The summed E-state index contributed by atoms with van der Waals surface area (Å²) >= 11 is 14.6. The molecule has 5 nitrogen and oxygen atoms in total. The molecule has 188 valence electrons. The van der Waals surface area contributed by atoms with Crippen LogP contribution in [0.15, 0.2) is 48.5 Å². The Kier molecular flexibility index (Phi) is 9.03. The molecule has 35 heavy (non-hydrogen) atoms. The van der Waals surface area contributed by atoms with Crippen molar-refractivity contribution >= 4 is 46.8 Å². The van der Waals surface area contributed by atoms with E-state index < -0.39 is 11.9 Å². The number of amides is 1. The highest BCUT2D eigenvalue weighted by Gasteiger charge is 2.46. The molecule has 8 heteroatoms. The molecular weight excluding hydrogens is 503 g/mol. The van der Waals surface area contributed by atoms with Crippen molar-refractivity contribution in [3.63, 3.8) is 0 Å². The molecule has 4 unspecified atom stereocenters. The molecule has 2 heterocycles. The largest absolute Gasteiger partial charge is 0.481 e. The zero-order valence-electron chi connectivity index (χ0n) is 19.9. The minimum atomic E-state index is -0.945. The number of nitrogens with zero attached hydrogens (tertiary/aromatic N) is 2. The molecule has 0 aromatic heterocycles. The Balaban J connectivity index is 1.80. The van der Waals surface area contributed by atoms with Crippen LogP contribution in [0.1, 0.15) is 49.3 Å². The van der Waals surface area contributed by atoms with E-state index in [4.69, 9.17) is 23.2 Å². The molecule has 4 atom stereocenters. The Morgan fingerprint density at radius 2 is 1.80 bits per heavy atom. The monoisotopic (exact) mass is 534 g/mol. The Morgan fingerprint density at radius 3 is 2.43 bits per heavy atom. The van der Waals surface area contributed by atoms with Gasteiger partial charge in [0.15, 0.2) is 0 Å². The SMILES string of the molecule is CCC(CN1CCSCC1)N1C(=O)C(CC(=O)O)CC(c2cccc(Cl)c2)C1c1ccc(Cl)cc1. The van der Waals surface area contributed by atoms with E-state index in [-0.39, 0.29) is 30.3 Å². The third-order valence-corrected chi connectivity index (χ3v) is 8.60. The second kappa shape index (κ2) is 12.0. The lowest BCUT2D eigenvalue weighted by Crippen LogP contribution is -2.55. The first-order valence-electron chi connectivity index (χ1n) is 12.2. The Bertz CT molecular complexity index is 1030. The fourth-order valence-corrected chi connectivity index (χ4v) is 6.77. The summed E-state index contributed by atoms with van der Waals surface area (Å²) < 4.78 is 0. The average molecular weight is 536 g/mol. The third kappa shape index (κ3) is 6.34. The van der Waals surface area contributed by atoms with Gasteiger partial charge in [-0.2, -0.15) is 11.8 Å².